The van der Waals surface area contributed by atoms with Gasteiger partial charge in [0.2, 0.25) is 0 Å². The molecule has 2 rings (SSSR count). The van der Waals surface area contributed by atoms with E-state index in [1.165, 1.54) is 6.20 Å². The van der Waals surface area contributed by atoms with Crippen LogP contribution in [-0.2, 0) is 18.9 Å². The zero-order chi connectivity index (χ0) is 31.1. The van der Waals surface area contributed by atoms with E-state index in [2.05, 4.69) is 20.0 Å². The minimum absolute atomic E-state index is 0.201. The lowest BCUT2D eigenvalue weighted by Gasteiger charge is -2.20. The minimum atomic E-state index is -1.06. The molecule has 0 aliphatic carbocycles. The number of nitrogens with two attached hydrogens (primary N) is 1. The van der Waals surface area contributed by atoms with Crippen molar-refractivity contribution in [3.8, 4) is 0 Å². The Hall–Kier alpha value is -4.55. The van der Waals surface area contributed by atoms with E-state index in [0.29, 0.717) is 23.7 Å². The standard InChI is InChI=1S/C11H14N2O3.C10H18O5.C6H6N2O/c1-11(2,3)16-10(15)13-9-8(7-14)5-4-6-12-9;1-9(2,3)14-7(11)13-8(12)15-10(4,5)6;7-6-5(4-9)2-1-3-8-6/h4-7H,1-3H3,(H,12,13,15);1-6H3;1-4H,(H2,7,8). The molecule has 40 heavy (non-hydrogen) atoms. The second-order valence-corrected chi connectivity index (χ2v) is 10.8. The highest BCUT2D eigenvalue weighted by Crippen LogP contribution is 2.13. The quantitative estimate of drug-likeness (QED) is 0.205. The van der Waals surface area contributed by atoms with E-state index in [1.807, 2.05) is 0 Å². The summed E-state index contributed by atoms with van der Waals surface area (Å²) >= 11 is 0. The Bertz CT molecular complexity index is 1120. The van der Waals surface area contributed by atoms with Gasteiger partial charge in [-0.1, -0.05) is 0 Å². The van der Waals surface area contributed by atoms with Gasteiger partial charge < -0.3 is 24.7 Å². The van der Waals surface area contributed by atoms with Crippen LogP contribution in [0.25, 0.3) is 0 Å². The molecule has 0 fully saturated rings. The first-order valence-corrected chi connectivity index (χ1v) is 12.0. The van der Waals surface area contributed by atoms with Crippen LogP contribution in [0.2, 0.25) is 0 Å². The molecule has 0 bridgehead atoms. The third-order valence-electron chi connectivity index (χ3n) is 3.53. The number of hydrogen-bond acceptors (Lipinski definition) is 12. The first-order valence-electron chi connectivity index (χ1n) is 12.0. The molecule has 1 amide bonds. The summed E-state index contributed by atoms with van der Waals surface area (Å²) in [5.41, 5.74) is 4.07. The van der Waals surface area contributed by atoms with Crippen molar-refractivity contribution in [3.05, 3.63) is 47.8 Å². The molecule has 0 aliphatic rings. The van der Waals surface area contributed by atoms with Crippen molar-refractivity contribution in [2.75, 3.05) is 11.1 Å². The van der Waals surface area contributed by atoms with Crippen LogP contribution in [0.4, 0.5) is 26.0 Å². The van der Waals surface area contributed by atoms with E-state index in [4.69, 9.17) is 19.9 Å². The van der Waals surface area contributed by atoms with Crippen molar-refractivity contribution in [1.29, 1.82) is 0 Å². The lowest BCUT2D eigenvalue weighted by molar-refractivity contribution is -0.0294. The number of carbonyl (C=O) groups excluding carboxylic acids is 5. The number of aldehydes is 2. The van der Waals surface area contributed by atoms with Gasteiger partial charge in [0.25, 0.3) is 0 Å². The first-order chi connectivity index (χ1) is 18.3. The van der Waals surface area contributed by atoms with Gasteiger partial charge in [0, 0.05) is 12.4 Å². The molecule has 0 saturated carbocycles. The number of nitrogens with one attached hydrogen (secondary N) is 1. The smallest absolute Gasteiger partial charge is 0.444 e. The normalized spacial score (nSPS) is 10.7. The lowest BCUT2D eigenvalue weighted by Crippen LogP contribution is -2.29. The highest BCUT2D eigenvalue weighted by Gasteiger charge is 2.24. The van der Waals surface area contributed by atoms with Crippen LogP contribution in [-0.4, -0.2) is 57.7 Å². The van der Waals surface area contributed by atoms with Gasteiger partial charge in [-0.25, -0.2) is 24.4 Å². The summed E-state index contributed by atoms with van der Waals surface area (Å²) in [5.74, 6) is 0.485. The van der Waals surface area contributed by atoms with Gasteiger partial charge in [0.05, 0.1) is 11.1 Å². The van der Waals surface area contributed by atoms with Gasteiger partial charge in [-0.2, -0.15) is 0 Å². The van der Waals surface area contributed by atoms with Crippen LogP contribution < -0.4 is 11.1 Å². The highest BCUT2D eigenvalue weighted by molar-refractivity contribution is 5.91. The maximum atomic E-state index is 11.4. The topological polar surface area (TPSA) is 186 Å². The molecule has 2 heterocycles. The number of aromatic nitrogens is 2. The number of ether oxygens (including phenoxy) is 4. The molecule has 0 aliphatic heterocycles. The average Bonchev–Trinajstić information content (AvgIpc) is 2.76. The molecule has 220 valence electrons. The number of nitrogens with zero attached hydrogens (tertiary/aromatic N) is 2. The molecule has 3 N–H and O–H groups in total. The molecule has 0 atom stereocenters. The van der Waals surface area contributed by atoms with Gasteiger partial charge in [-0.05, 0) is 86.6 Å². The van der Waals surface area contributed by atoms with E-state index in [1.54, 1.807) is 92.8 Å². The van der Waals surface area contributed by atoms with Crippen LogP contribution in [0.5, 0.6) is 0 Å². The molecule has 0 unspecified atom stereocenters. The predicted octanol–water partition coefficient (Wildman–Crippen LogP) is 5.59. The highest BCUT2D eigenvalue weighted by atomic mass is 16.8. The SMILES string of the molecule is CC(C)(C)OC(=O)Nc1ncccc1C=O.CC(C)(C)OC(=O)OC(=O)OC(C)(C)C.Nc1ncccc1C=O. The summed E-state index contributed by atoms with van der Waals surface area (Å²) in [6.45, 7) is 15.3. The van der Waals surface area contributed by atoms with Crippen molar-refractivity contribution >= 4 is 42.6 Å². The summed E-state index contributed by atoms with van der Waals surface area (Å²) < 4.78 is 18.8. The molecule has 2 aromatic rings. The van der Waals surface area contributed by atoms with Crippen LogP contribution in [0.1, 0.15) is 83.0 Å². The molecular weight excluding hydrogens is 524 g/mol. The van der Waals surface area contributed by atoms with Crippen molar-refractivity contribution in [2.45, 2.75) is 79.1 Å². The maximum absolute atomic E-state index is 11.4. The Morgan fingerprint density at radius 1 is 0.725 bits per heavy atom. The van der Waals surface area contributed by atoms with Crippen molar-refractivity contribution in [2.24, 2.45) is 0 Å². The van der Waals surface area contributed by atoms with Crippen LogP contribution in [0.15, 0.2) is 36.7 Å². The molecule has 0 saturated heterocycles. The summed E-state index contributed by atoms with van der Waals surface area (Å²) in [7, 11) is 0. The Morgan fingerprint density at radius 2 is 1.15 bits per heavy atom. The second kappa shape index (κ2) is 15.8. The number of nitrogen functional groups attached to an aromatic ring is 1. The fraction of sp³-hybridized carbons (Fsp3) is 0.444. The fourth-order valence-electron chi connectivity index (χ4n) is 2.16. The largest absolute Gasteiger partial charge is 0.519 e. The minimum Gasteiger partial charge on any atom is -0.444 e. The first kappa shape index (κ1) is 35.5. The summed E-state index contributed by atoms with van der Waals surface area (Å²) in [6.07, 6.45) is 1.59. The van der Waals surface area contributed by atoms with E-state index < -0.39 is 35.2 Å². The fourth-order valence-corrected chi connectivity index (χ4v) is 2.16. The lowest BCUT2D eigenvalue weighted by atomic mass is 10.2. The molecule has 0 radical (unpaired) electrons. The summed E-state index contributed by atoms with van der Waals surface area (Å²) in [6, 6.07) is 6.46. The zero-order valence-corrected chi connectivity index (χ0v) is 24.3. The van der Waals surface area contributed by atoms with Crippen molar-refractivity contribution in [1.82, 2.24) is 9.97 Å². The Labute approximate surface area is 233 Å². The molecule has 0 aromatic carbocycles. The summed E-state index contributed by atoms with van der Waals surface area (Å²) in [4.78, 5) is 61.8. The van der Waals surface area contributed by atoms with Gasteiger partial charge in [0.1, 0.15) is 28.4 Å². The van der Waals surface area contributed by atoms with Crippen molar-refractivity contribution < 1.29 is 42.9 Å². The number of pyridine rings is 2. The summed E-state index contributed by atoms with van der Waals surface area (Å²) in [5, 5.41) is 2.41. The number of rotatable bonds is 3. The monoisotopic (exact) mass is 562 g/mol. The Balaban J connectivity index is 0.000000592. The molecule has 0 spiro atoms. The Morgan fingerprint density at radius 3 is 1.52 bits per heavy atom. The van der Waals surface area contributed by atoms with Crippen molar-refractivity contribution in [3.63, 3.8) is 0 Å². The third-order valence-corrected chi connectivity index (χ3v) is 3.53. The number of carbonyl (C=O) groups is 5. The van der Waals surface area contributed by atoms with E-state index >= 15 is 0 Å². The molecule has 13 heteroatoms. The van der Waals surface area contributed by atoms with Crippen LogP contribution in [0, 0.1) is 0 Å². The maximum Gasteiger partial charge on any atom is 0.519 e. The Kier molecular flexibility index (Phi) is 14.0. The predicted molar refractivity (Wildman–Crippen MR) is 147 cm³/mol. The van der Waals surface area contributed by atoms with Gasteiger partial charge in [0.15, 0.2) is 12.6 Å². The van der Waals surface area contributed by atoms with Gasteiger partial charge in [-0.3, -0.25) is 14.9 Å². The average molecular weight is 563 g/mol. The number of amides is 1. The van der Waals surface area contributed by atoms with Crippen LogP contribution in [0.3, 0.4) is 0 Å². The molecular formula is C27H38N4O9. The van der Waals surface area contributed by atoms with E-state index in [-0.39, 0.29) is 11.6 Å². The molecule has 2 aromatic heterocycles. The third kappa shape index (κ3) is 17.8. The van der Waals surface area contributed by atoms with Crippen LogP contribution >= 0.6 is 0 Å². The second-order valence-electron chi connectivity index (χ2n) is 10.8. The van der Waals surface area contributed by atoms with E-state index in [9.17, 15) is 24.0 Å². The van der Waals surface area contributed by atoms with E-state index in [0.717, 1.165) is 0 Å². The van der Waals surface area contributed by atoms with Gasteiger partial charge in [-0.15, -0.1) is 0 Å². The zero-order valence-electron chi connectivity index (χ0n) is 24.3. The number of anilines is 2. The van der Waals surface area contributed by atoms with Gasteiger partial charge >= 0.3 is 18.4 Å². The molecule has 13 nitrogen and oxygen atoms in total. The number of hydrogen-bond donors (Lipinski definition) is 2.